The average Bonchev–Trinajstić information content (AvgIpc) is 2.42. The molecular weight excluding hydrogens is 305 g/mol. The second-order valence-electron chi connectivity index (χ2n) is 4.90. The first-order valence-electron chi connectivity index (χ1n) is 6.43. The lowest BCUT2D eigenvalue weighted by Crippen LogP contribution is -2.42. The molecule has 2 nitrogen and oxygen atoms in total. The van der Waals surface area contributed by atoms with E-state index in [9.17, 15) is 4.79 Å². The van der Waals surface area contributed by atoms with Gasteiger partial charge < -0.3 is 5.32 Å². The highest BCUT2D eigenvalue weighted by Crippen LogP contribution is 2.27. The summed E-state index contributed by atoms with van der Waals surface area (Å²) in [6.45, 7) is 0. The highest BCUT2D eigenvalue weighted by molar-refractivity contribution is 6.35. The number of alkyl halides is 1. The molecular formula is C14H16Cl3NO. The Labute approximate surface area is 128 Å². The van der Waals surface area contributed by atoms with Crippen LogP contribution in [0.5, 0.6) is 0 Å². The maximum atomic E-state index is 12.3. The molecule has 1 aromatic rings. The maximum absolute atomic E-state index is 12.3. The minimum Gasteiger partial charge on any atom is -0.349 e. The Balaban J connectivity index is 2.09. The third-order valence-corrected chi connectivity index (χ3v) is 4.56. The van der Waals surface area contributed by atoms with Crippen LogP contribution in [0, 0.1) is 5.92 Å². The van der Waals surface area contributed by atoms with Crippen molar-refractivity contribution in [2.24, 2.45) is 5.92 Å². The number of halogens is 3. The number of benzene rings is 1. The first kappa shape index (κ1) is 15.0. The molecule has 0 radical (unpaired) electrons. The third kappa shape index (κ3) is 3.77. The molecule has 0 bridgehead atoms. The van der Waals surface area contributed by atoms with Gasteiger partial charge in [-0.25, -0.2) is 0 Å². The molecule has 1 fully saturated rings. The minimum atomic E-state index is -0.172. The van der Waals surface area contributed by atoms with E-state index >= 15 is 0 Å². The molecule has 0 aliphatic heterocycles. The number of nitrogens with one attached hydrogen (secondary N) is 1. The molecule has 5 heteroatoms. The third-order valence-electron chi connectivity index (χ3n) is 3.60. The molecule has 19 heavy (non-hydrogen) atoms. The molecule has 2 rings (SSSR count). The van der Waals surface area contributed by atoms with Crippen molar-refractivity contribution in [2.45, 2.75) is 31.7 Å². The van der Waals surface area contributed by atoms with Crippen LogP contribution in [0.3, 0.4) is 0 Å². The van der Waals surface area contributed by atoms with Crippen molar-refractivity contribution in [3.8, 4) is 0 Å². The lowest BCUT2D eigenvalue weighted by atomic mass is 9.85. The second-order valence-corrected chi connectivity index (χ2v) is 6.06. The molecule has 1 aliphatic rings. The Morgan fingerprint density at radius 1 is 1.26 bits per heavy atom. The molecule has 1 saturated carbocycles. The zero-order valence-electron chi connectivity index (χ0n) is 10.5. The van der Waals surface area contributed by atoms with Gasteiger partial charge in [-0.05, 0) is 37.0 Å². The number of hydrogen-bond donors (Lipinski definition) is 1. The second kappa shape index (κ2) is 6.83. The van der Waals surface area contributed by atoms with Crippen LogP contribution in [-0.2, 0) is 0 Å². The Morgan fingerprint density at radius 3 is 2.74 bits per heavy atom. The van der Waals surface area contributed by atoms with Crippen LogP contribution in [0.4, 0.5) is 0 Å². The van der Waals surface area contributed by atoms with Gasteiger partial charge in [-0.15, -0.1) is 11.6 Å². The summed E-state index contributed by atoms with van der Waals surface area (Å²) < 4.78 is 0. The van der Waals surface area contributed by atoms with Crippen LogP contribution in [-0.4, -0.2) is 17.8 Å². The molecule has 0 heterocycles. The molecule has 104 valence electrons. The van der Waals surface area contributed by atoms with E-state index in [2.05, 4.69) is 5.32 Å². The summed E-state index contributed by atoms with van der Waals surface area (Å²) in [6, 6.07) is 5.04. The van der Waals surface area contributed by atoms with Crippen LogP contribution in [0.15, 0.2) is 18.2 Å². The van der Waals surface area contributed by atoms with Gasteiger partial charge >= 0.3 is 0 Å². The Morgan fingerprint density at radius 2 is 2.00 bits per heavy atom. The summed E-state index contributed by atoms with van der Waals surface area (Å²) in [4.78, 5) is 12.3. The highest BCUT2D eigenvalue weighted by Gasteiger charge is 2.26. The largest absolute Gasteiger partial charge is 0.349 e. The van der Waals surface area contributed by atoms with Gasteiger partial charge in [-0.1, -0.05) is 36.0 Å². The fourth-order valence-corrected chi connectivity index (χ4v) is 3.24. The predicted octanol–water partition coefficient (Wildman–Crippen LogP) is 4.52. The molecule has 0 aromatic heterocycles. The van der Waals surface area contributed by atoms with Crippen LogP contribution in [0.25, 0.3) is 0 Å². The SMILES string of the molecule is O=C(NC1CCCCC1CCl)c1cc(Cl)ccc1Cl. The monoisotopic (exact) mass is 319 g/mol. The van der Waals surface area contributed by atoms with Crippen molar-refractivity contribution >= 4 is 40.7 Å². The standard InChI is InChI=1S/C14H16Cl3NO/c15-8-9-3-1-2-4-13(9)18-14(19)11-7-10(16)5-6-12(11)17/h5-7,9,13H,1-4,8H2,(H,18,19). The van der Waals surface area contributed by atoms with Gasteiger partial charge in [-0.3, -0.25) is 4.79 Å². The van der Waals surface area contributed by atoms with Crippen molar-refractivity contribution in [1.29, 1.82) is 0 Å². The van der Waals surface area contributed by atoms with Crippen molar-refractivity contribution in [2.75, 3.05) is 5.88 Å². The lowest BCUT2D eigenvalue weighted by Gasteiger charge is -2.30. The normalized spacial score (nSPS) is 23.1. The summed E-state index contributed by atoms with van der Waals surface area (Å²) in [5.74, 6) is 0.751. The summed E-state index contributed by atoms with van der Waals surface area (Å²) in [5.41, 5.74) is 0.424. The highest BCUT2D eigenvalue weighted by atomic mass is 35.5. The minimum absolute atomic E-state index is 0.133. The number of carbonyl (C=O) groups excluding carboxylic acids is 1. The Hall–Kier alpha value is -0.440. The van der Waals surface area contributed by atoms with Crippen LogP contribution < -0.4 is 5.32 Å². The summed E-state index contributed by atoms with van der Waals surface area (Å²) >= 11 is 17.9. The Kier molecular flexibility index (Phi) is 5.37. The van der Waals surface area contributed by atoms with Gasteiger partial charge in [0.05, 0.1) is 10.6 Å². The van der Waals surface area contributed by atoms with Crippen molar-refractivity contribution in [3.05, 3.63) is 33.8 Å². The van der Waals surface area contributed by atoms with Gasteiger partial charge in [0.1, 0.15) is 0 Å². The molecule has 1 aromatic carbocycles. The molecule has 1 N–H and O–H groups in total. The van der Waals surface area contributed by atoms with E-state index in [1.807, 2.05) is 0 Å². The predicted molar refractivity (Wildman–Crippen MR) is 80.4 cm³/mol. The first-order chi connectivity index (χ1) is 9.11. The van der Waals surface area contributed by atoms with E-state index in [0.717, 1.165) is 19.3 Å². The number of hydrogen-bond acceptors (Lipinski definition) is 1. The Bertz CT molecular complexity index is 464. The zero-order valence-corrected chi connectivity index (χ0v) is 12.7. The van der Waals surface area contributed by atoms with E-state index in [-0.39, 0.29) is 11.9 Å². The quantitative estimate of drug-likeness (QED) is 0.815. The van der Waals surface area contributed by atoms with Crippen LogP contribution in [0.2, 0.25) is 10.0 Å². The lowest BCUT2D eigenvalue weighted by molar-refractivity contribution is 0.0911. The fourth-order valence-electron chi connectivity index (χ4n) is 2.50. The van der Waals surface area contributed by atoms with Gasteiger partial charge in [-0.2, -0.15) is 0 Å². The number of amides is 1. The maximum Gasteiger partial charge on any atom is 0.253 e. The van der Waals surface area contributed by atoms with Gasteiger partial charge in [0, 0.05) is 16.9 Å². The van der Waals surface area contributed by atoms with E-state index in [0.29, 0.717) is 27.4 Å². The summed E-state index contributed by atoms with van der Waals surface area (Å²) in [6.07, 6.45) is 4.35. The molecule has 0 spiro atoms. The van der Waals surface area contributed by atoms with Crippen molar-refractivity contribution in [1.82, 2.24) is 5.32 Å². The zero-order chi connectivity index (χ0) is 13.8. The smallest absolute Gasteiger partial charge is 0.253 e. The van der Waals surface area contributed by atoms with Crippen LogP contribution in [0.1, 0.15) is 36.0 Å². The van der Waals surface area contributed by atoms with Gasteiger partial charge in [0.25, 0.3) is 5.91 Å². The van der Waals surface area contributed by atoms with Crippen molar-refractivity contribution in [3.63, 3.8) is 0 Å². The first-order valence-corrected chi connectivity index (χ1v) is 7.72. The van der Waals surface area contributed by atoms with Gasteiger partial charge in [0.15, 0.2) is 0 Å². The summed E-state index contributed by atoms with van der Waals surface area (Å²) in [7, 11) is 0. The molecule has 0 saturated heterocycles. The number of rotatable bonds is 3. The fraction of sp³-hybridized carbons (Fsp3) is 0.500. The van der Waals surface area contributed by atoms with Crippen molar-refractivity contribution < 1.29 is 4.79 Å². The van der Waals surface area contributed by atoms with E-state index < -0.39 is 0 Å². The van der Waals surface area contributed by atoms with E-state index in [1.165, 1.54) is 6.42 Å². The van der Waals surface area contributed by atoms with Crippen LogP contribution >= 0.6 is 34.8 Å². The van der Waals surface area contributed by atoms with E-state index in [4.69, 9.17) is 34.8 Å². The van der Waals surface area contributed by atoms with E-state index in [1.54, 1.807) is 18.2 Å². The number of carbonyl (C=O) groups is 1. The molecule has 2 atom stereocenters. The summed E-state index contributed by atoms with van der Waals surface area (Å²) in [5, 5.41) is 3.96. The topological polar surface area (TPSA) is 29.1 Å². The molecule has 1 aliphatic carbocycles. The molecule has 1 amide bonds. The van der Waals surface area contributed by atoms with Gasteiger partial charge in [0.2, 0.25) is 0 Å². The average molecular weight is 321 g/mol. The molecule has 2 unspecified atom stereocenters.